The second-order valence-electron chi connectivity index (χ2n) is 19.8. The summed E-state index contributed by atoms with van der Waals surface area (Å²) in [6.45, 7) is 10.00. The Morgan fingerprint density at radius 3 is 1.62 bits per heavy atom. The van der Waals surface area contributed by atoms with Gasteiger partial charge in [0.05, 0.1) is 60.2 Å². The summed E-state index contributed by atoms with van der Waals surface area (Å²) >= 11 is 0. The van der Waals surface area contributed by atoms with Crippen LogP contribution in [0.3, 0.4) is 0 Å². The zero-order chi connectivity index (χ0) is 56.0. The van der Waals surface area contributed by atoms with Crippen molar-refractivity contribution in [3.05, 3.63) is 108 Å². The SMILES string of the molecule is Cc1nc(-c2cccc(C(F)(F)F)c2)nc2c1N1CC[C@@H](C1)N2C(=O)Nc1ccc(OC[C@H](O)CO)cn1.Cc1nc(-c2cccc(C(F)(F)F)c2)nc2c1N1CC[C@@H](C1)N2C(=O)Nc1ccc(OC[C@H]2COC(C)(C)O2)cn1. The molecule has 4 amide bonds. The Morgan fingerprint density at radius 2 is 1.20 bits per heavy atom. The summed E-state index contributed by atoms with van der Waals surface area (Å²) in [5, 5.41) is 23.9. The number of nitrogens with one attached hydrogen (secondary N) is 2. The van der Waals surface area contributed by atoms with E-state index in [0.29, 0.717) is 104 Å². The van der Waals surface area contributed by atoms with Crippen LogP contribution in [-0.2, 0) is 21.8 Å². The number of aryl methyl sites for hydroxylation is 2. The van der Waals surface area contributed by atoms with Gasteiger partial charge in [-0.25, -0.2) is 39.5 Å². The first-order valence-electron chi connectivity index (χ1n) is 25.2. The first-order chi connectivity index (χ1) is 37.6. The molecule has 0 radical (unpaired) electrons. The van der Waals surface area contributed by atoms with E-state index in [1.165, 1.54) is 47.6 Å². The summed E-state index contributed by atoms with van der Waals surface area (Å²) in [7, 11) is 0. The van der Waals surface area contributed by atoms with E-state index in [0.717, 1.165) is 24.3 Å². The number of halogens is 6. The maximum absolute atomic E-state index is 13.6. The number of carbonyl (C=O) groups excluding carboxylic acids is 2. The van der Waals surface area contributed by atoms with E-state index < -0.39 is 54.0 Å². The van der Waals surface area contributed by atoms with Crippen LogP contribution in [0.5, 0.6) is 11.5 Å². The van der Waals surface area contributed by atoms with Crippen molar-refractivity contribution in [3.8, 4) is 34.3 Å². The average molecular weight is 1100 g/mol. The number of aliphatic hydroxyl groups excluding tert-OH is 2. The lowest BCUT2D eigenvalue weighted by Gasteiger charge is -2.36. The molecule has 0 spiro atoms. The standard InChI is InChI=1S/C28H29F3N6O4.C25H25F3N6O4/c1-16-23-25(35-24(33-16)17-5-4-6-18(11-17)28(29,30)31)37(19-9-10-36(23)13-19)26(38)34-22-8-7-20(12-32-22)39-14-21-15-40-27(2,3)41-21;1-14-21-23(32-22(30-14)15-3-2-4-16(9-15)25(26,27)28)34(17-7-8-33(21)11-17)24(37)31-20-6-5-19(10-29-20)38-13-18(36)12-35/h4-8,11-12,19,21H,9-10,13-15H2,1-3H3,(H,32,34,38);2-6,9-10,17-18,35-36H,7-8,11-13H2,1H3,(H,29,31,37)/t19-,21-;17-,18+/m00/s1. The Kier molecular flexibility index (Phi) is 15.0. The van der Waals surface area contributed by atoms with Crippen molar-refractivity contribution in [2.75, 3.05) is 82.8 Å². The first-order valence-corrected chi connectivity index (χ1v) is 25.2. The van der Waals surface area contributed by atoms with Crippen LogP contribution in [-0.4, -0.2) is 135 Å². The van der Waals surface area contributed by atoms with Crippen LogP contribution < -0.4 is 39.7 Å². The zero-order valence-corrected chi connectivity index (χ0v) is 43.0. The Hall–Kier alpha value is -7.94. The molecule has 4 bridgehead atoms. The van der Waals surface area contributed by atoms with Gasteiger partial charge < -0.3 is 39.0 Å². The van der Waals surface area contributed by atoms with Crippen molar-refractivity contribution in [3.63, 3.8) is 0 Å². The van der Waals surface area contributed by atoms with Gasteiger partial charge in [0, 0.05) is 37.3 Å². The molecule has 9 heterocycles. The van der Waals surface area contributed by atoms with Gasteiger partial charge in [0.1, 0.15) is 59.9 Å². The third-order valence-corrected chi connectivity index (χ3v) is 13.7. The fraction of sp³-hybridized carbons (Fsp3) is 0.396. The van der Waals surface area contributed by atoms with Crippen LogP contribution in [0, 0.1) is 13.8 Å². The molecule has 4 atom stereocenters. The molecule has 20 nitrogen and oxygen atoms in total. The number of carbonyl (C=O) groups is 2. The molecule has 416 valence electrons. The van der Waals surface area contributed by atoms with Crippen molar-refractivity contribution in [1.29, 1.82) is 0 Å². The number of aromatic nitrogens is 6. The summed E-state index contributed by atoms with van der Waals surface area (Å²) in [4.78, 5) is 61.0. The number of anilines is 6. The number of hydrogen-bond acceptors (Lipinski definition) is 16. The van der Waals surface area contributed by atoms with Crippen molar-refractivity contribution in [2.24, 2.45) is 0 Å². The van der Waals surface area contributed by atoms with E-state index in [2.05, 4.69) is 50.3 Å². The van der Waals surface area contributed by atoms with Crippen LogP contribution in [0.4, 0.5) is 70.6 Å². The quantitative estimate of drug-likeness (QED) is 0.0896. The number of fused-ring (bicyclic) bond motifs is 8. The van der Waals surface area contributed by atoms with Gasteiger partial charge >= 0.3 is 24.4 Å². The van der Waals surface area contributed by atoms with Gasteiger partial charge in [-0.3, -0.25) is 20.4 Å². The number of rotatable bonds is 11. The maximum Gasteiger partial charge on any atom is 0.416 e. The molecule has 0 unspecified atom stereocenters. The molecule has 4 aromatic heterocycles. The number of nitrogens with zero attached hydrogens (tertiary/aromatic N) is 10. The van der Waals surface area contributed by atoms with Crippen molar-refractivity contribution < 1.29 is 65.1 Å². The summed E-state index contributed by atoms with van der Waals surface area (Å²) in [6, 6.07) is 14.8. The molecular formula is C53H54F6N12O8. The van der Waals surface area contributed by atoms with E-state index in [1.54, 1.807) is 36.9 Å². The molecule has 0 aliphatic carbocycles. The molecule has 4 N–H and O–H groups in total. The van der Waals surface area contributed by atoms with Crippen LogP contribution >= 0.6 is 0 Å². The van der Waals surface area contributed by atoms with Gasteiger partial charge in [-0.15, -0.1) is 0 Å². The Labute approximate surface area is 448 Å². The predicted octanol–water partition coefficient (Wildman–Crippen LogP) is 8.26. The van der Waals surface area contributed by atoms with Crippen LogP contribution in [0.1, 0.15) is 49.2 Å². The maximum atomic E-state index is 13.6. The van der Waals surface area contributed by atoms with E-state index in [9.17, 15) is 41.0 Å². The van der Waals surface area contributed by atoms with Gasteiger partial charge in [-0.05, 0) is 89.1 Å². The molecule has 11 rings (SSSR count). The minimum atomic E-state index is -4.51. The van der Waals surface area contributed by atoms with Crippen molar-refractivity contribution in [2.45, 2.75) is 83.0 Å². The number of ether oxygens (including phenoxy) is 4. The molecule has 26 heteroatoms. The number of hydrogen-bond donors (Lipinski definition) is 4. The number of amides is 4. The summed E-state index contributed by atoms with van der Waals surface area (Å²) < 4.78 is 102. The number of pyridine rings is 2. The highest BCUT2D eigenvalue weighted by atomic mass is 19.4. The first kappa shape index (κ1) is 54.4. The number of benzene rings is 2. The lowest BCUT2D eigenvalue weighted by Crippen LogP contribution is -2.48. The highest BCUT2D eigenvalue weighted by Gasteiger charge is 2.44. The van der Waals surface area contributed by atoms with Gasteiger partial charge in [-0.1, -0.05) is 24.3 Å². The van der Waals surface area contributed by atoms with Crippen LogP contribution in [0.25, 0.3) is 22.8 Å². The molecule has 5 aliphatic heterocycles. The Balaban J connectivity index is 0.000000179. The Bertz CT molecular complexity index is 3230. The zero-order valence-electron chi connectivity index (χ0n) is 43.0. The van der Waals surface area contributed by atoms with E-state index in [1.807, 2.05) is 13.8 Å². The summed E-state index contributed by atoms with van der Waals surface area (Å²) in [5.74, 6) is 1.68. The number of aliphatic hydroxyl groups is 2. The van der Waals surface area contributed by atoms with Gasteiger partial charge in [0.25, 0.3) is 0 Å². The van der Waals surface area contributed by atoms with E-state index >= 15 is 0 Å². The minimum Gasteiger partial charge on any atom is -0.489 e. The smallest absolute Gasteiger partial charge is 0.416 e. The van der Waals surface area contributed by atoms with Gasteiger partial charge in [0.15, 0.2) is 29.1 Å². The fourth-order valence-electron chi connectivity index (χ4n) is 9.99. The fourth-order valence-corrected chi connectivity index (χ4v) is 9.99. The largest absolute Gasteiger partial charge is 0.489 e. The minimum absolute atomic E-state index is 0.0948. The molecule has 79 heavy (non-hydrogen) atoms. The summed E-state index contributed by atoms with van der Waals surface area (Å²) in [5.41, 5.74) is 1.32. The lowest BCUT2D eigenvalue weighted by atomic mass is 10.1. The molecular weight excluding hydrogens is 1050 g/mol. The molecule has 2 aromatic carbocycles. The molecule has 3 saturated heterocycles. The Morgan fingerprint density at radius 1 is 0.722 bits per heavy atom. The predicted molar refractivity (Wildman–Crippen MR) is 276 cm³/mol. The van der Waals surface area contributed by atoms with Crippen LogP contribution in [0.2, 0.25) is 0 Å². The molecule has 5 aliphatic rings. The second-order valence-corrected chi connectivity index (χ2v) is 19.8. The highest BCUT2D eigenvalue weighted by molar-refractivity contribution is 6.05. The van der Waals surface area contributed by atoms with E-state index in [4.69, 9.17) is 24.1 Å². The topological polar surface area (TPSA) is 226 Å². The molecule has 0 saturated carbocycles. The van der Waals surface area contributed by atoms with Crippen molar-refractivity contribution >= 4 is 46.7 Å². The van der Waals surface area contributed by atoms with Gasteiger partial charge in [-0.2, -0.15) is 26.3 Å². The molecule has 6 aromatic rings. The lowest BCUT2D eigenvalue weighted by molar-refractivity contribution is -0.141. The number of alkyl halides is 6. The van der Waals surface area contributed by atoms with Gasteiger partial charge in [0.2, 0.25) is 0 Å². The summed E-state index contributed by atoms with van der Waals surface area (Å²) in [6.07, 6.45) is -5.94. The van der Waals surface area contributed by atoms with Crippen LogP contribution in [0.15, 0.2) is 85.2 Å². The monoisotopic (exact) mass is 1100 g/mol. The third kappa shape index (κ3) is 11.9. The second kappa shape index (κ2) is 21.7. The third-order valence-electron chi connectivity index (χ3n) is 13.7. The van der Waals surface area contributed by atoms with E-state index in [-0.39, 0.29) is 53.4 Å². The van der Waals surface area contributed by atoms with Crippen molar-refractivity contribution in [1.82, 2.24) is 29.9 Å². The molecule has 3 fully saturated rings. The normalized spacial score (nSPS) is 19.3. The highest BCUT2D eigenvalue weighted by Crippen LogP contribution is 2.44. The average Bonchev–Trinajstić information content (AvgIpc) is 4.38. The number of urea groups is 2.